The van der Waals surface area contributed by atoms with Crippen molar-refractivity contribution in [2.45, 2.75) is 26.3 Å². The normalized spacial score (nSPS) is 29.6. The number of rotatable bonds is 4. The van der Waals surface area contributed by atoms with Gasteiger partial charge in [-0.2, -0.15) is 0 Å². The van der Waals surface area contributed by atoms with Crippen LogP contribution in [0.2, 0.25) is 0 Å². The molecule has 4 nitrogen and oxygen atoms in total. The van der Waals surface area contributed by atoms with E-state index >= 15 is 0 Å². The molecule has 2 rings (SSSR count). The Labute approximate surface area is 106 Å². The first-order valence-corrected chi connectivity index (χ1v) is 7.22. The van der Waals surface area contributed by atoms with Crippen LogP contribution in [0.5, 0.6) is 0 Å². The van der Waals surface area contributed by atoms with E-state index in [1.54, 1.807) is 0 Å². The average molecular weight is 240 g/mol. The summed E-state index contributed by atoms with van der Waals surface area (Å²) < 4.78 is 0. The van der Waals surface area contributed by atoms with Gasteiger partial charge in [0.2, 0.25) is 0 Å². The Kier molecular flexibility index (Phi) is 5.22. The molecule has 0 aromatic heterocycles. The van der Waals surface area contributed by atoms with Crippen LogP contribution in [0.1, 0.15) is 20.3 Å². The minimum atomic E-state index is 0.667. The molecule has 2 saturated heterocycles. The van der Waals surface area contributed by atoms with Gasteiger partial charge < -0.3 is 10.2 Å². The topological polar surface area (TPSA) is 21.8 Å². The van der Waals surface area contributed by atoms with E-state index < -0.39 is 0 Å². The van der Waals surface area contributed by atoms with Gasteiger partial charge in [-0.05, 0) is 19.5 Å². The fourth-order valence-electron chi connectivity index (χ4n) is 2.96. The zero-order valence-corrected chi connectivity index (χ0v) is 11.5. The predicted octanol–water partition coefficient (Wildman–Crippen LogP) is 0.265. The second-order valence-electron chi connectivity index (χ2n) is 5.33. The van der Waals surface area contributed by atoms with Gasteiger partial charge >= 0.3 is 0 Å². The van der Waals surface area contributed by atoms with Crippen molar-refractivity contribution in [1.29, 1.82) is 0 Å². The van der Waals surface area contributed by atoms with Gasteiger partial charge in [0.1, 0.15) is 0 Å². The highest BCUT2D eigenvalue weighted by Gasteiger charge is 2.23. The molecule has 0 radical (unpaired) electrons. The fourth-order valence-corrected chi connectivity index (χ4v) is 2.96. The summed E-state index contributed by atoms with van der Waals surface area (Å²) in [4.78, 5) is 7.72. The first kappa shape index (κ1) is 13.3. The smallest absolute Gasteiger partial charge is 0.0506 e. The summed E-state index contributed by atoms with van der Waals surface area (Å²) in [6.45, 7) is 15.5. The molecule has 0 amide bonds. The van der Waals surface area contributed by atoms with Gasteiger partial charge in [0.05, 0.1) is 6.67 Å². The summed E-state index contributed by atoms with van der Waals surface area (Å²) in [5.41, 5.74) is 0. The van der Waals surface area contributed by atoms with Crippen LogP contribution in [0.15, 0.2) is 0 Å². The molecule has 0 aromatic carbocycles. The molecular weight excluding hydrogens is 212 g/mol. The highest BCUT2D eigenvalue weighted by molar-refractivity contribution is 4.82. The number of nitrogens with one attached hydrogen (secondary N) is 1. The third-order valence-electron chi connectivity index (χ3n) is 4.06. The third kappa shape index (κ3) is 3.91. The van der Waals surface area contributed by atoms with Gasteiger partial charge in [-0.15, -0.1) is 0 Å². The lowest BCUT2D eigenvalue weighted by Crippen LogP contribution is -2.57. The van der Waals surface area contributed by atoms with Gasteiger partial charge in [0.25, 0.3) is 0 Å². The first-order valence-electron chi connectivity index (χ1n) is 7.22. The molecule has 2 aliphatic heterocycles. The Bertz CT molecular complexity index is 199. The quantitative estimate of drug-likeness (QED) is 0.761. The van der Waals surface area contributed by atoms with E-state index in [2.05, 4.69) is 33.9 Å². The molecule has 0 spiro atoms. The summed E-state index contributed by atoms with van der Waals surface area (Å²) >= 11 is 0. The van der Waals surface area contributed by atoms with E-state index in [-0.39, 0.29) is 0 Å². The molecule has 17 heavy (non-hydrogen) atoms. The number of hydrogen-bond acceptors (Lipinski definition) is 4. The van der Waals surface area contributed by atoms with E-state index in [4.69, 9.17) is 0 Å². The van der Waals surface area contributed by atoms with Crippen molar-refractivity contribution in [3.8, 4) is 0 Å². The molecule has 2 heterocycles. The number of hydrogen-bond donors (Lipinski definition) is 1. The summed E-state index contributed by atoms with van der Waals surface area (Å²) in [5.74, 6) is 0. The largest absolute Gasteiger partial charge is 0.310 e. The predicted molar refractivity (Wildman–Crippen MR) is 72.2 cm³/mol. The maximum absolute atomic E-state index is 3.66. The Morgan fingerprint density at radius 3 is 2.53 bits per heavy atom. The van der Waals surface area contributed by atoms with E-state index in [9.17, 15) is 0 Å². The summed E-state index contributed by atoms with van der Waals surface area (Å²) in [7, 11) is 0. The van der Waals surface area contributed by atoms with Crippen molar-refractivity contribution < 1.29 is 0 Å². The molecule has 2 aliphatic rings. The van der Waals surface area contributed by atoms with E-state index in [0.29, 0.717) is 6.04 Å². The maximum Gasteiger partial charge on any atom is 0.0506 e. The molecule has 1 unspecified atom stereocenters. The van der Waals surface area contributed by atoms with Crippen LogP contribution in [0.4, 0.5) is 0 Å². The number of piperazine rings is 1. The lowest BCUT2D eigenvalue weighted by Gasteiger charge is -2.40. The lowest BCUT2D eigenvalue weighted by atomic mass is 10.2. The fraction of sp³-hybridized carbons (Fsp3) is 1.00. The van der Waals surface area contributed by atoms with Crippen molar-refractivity contribution in [3.05, 3.63) is 0 Å². The molecule has 100 valence electrons. The molecule has 2 fully saturated rings. The Morgan fingerprint density at radius 2 is 1.76 bits per heavy atom. The van der Waals surface area contributed by atoms with Crippen LogP contribution < -0.4 is 5.32 Å². The van der Waals surface area contributed by atoms with Crippen molar-refractivity contribution in [1.82, 2.24) is 20.0 Å². The van der Waals surface area contributed by atoms with Crippen LogP contribution in [0, 0.1) is 0 Å². The molecular formula is C13H28N4. The van der Waals surface area contributed by atoms with Crippen molar-refractivity contribution in [2.75, 3.05) is 59.0 Å². The summed E-state index contributed by atoms with van der Waals surface area (Å²) in [5, 5.41) is 3.66. The SMILES string of the molecule is CCN1CCNC(CN2CCCN(CC)C2)C1. The molecule has 0 aromatic rings. The van der Waals surface area contributed by atoms with E-state index in [1.807, 2.05) is 0 Å². The van der Waals surface area contributed by atoms with E-state index in [1.165, 1.54) is 58.9 Å². The minimum absolute atomic E-state index is 0.667. The Balaban J connectivity index is 1.75. The van der Waals surface area contributed by atoms with Crippen molar-refractivity contribution in [3.63, 3.8) is 0 Å². The summed E-state index contributed by atoms with van der Waals surface area (Å²) in [6, 6.07) is 0.667. The van der Waals surface area contributed by atoms with E-state index in [0.717, 1.165) is 6.54 Å². The molecule has 0 aliphatic carbocycles. The zero-order chi connectivity index (χ0) is 12.1. The molecule has 1 atom stereocenters. The average Bonchev–Trinajstić information content (AvgIpc) is 2.39. The number of nitrogens with zero attached hydrogens (tertiary/aromatic N) is 3. The van der Waals surface area contributed by atoms with Gasteiger partial charge in [0.15, 0.2) is 0 Å². The molecule has 1 N–H and O–H groups in total. The monoisotopic (exact) mass is 240 g/mol. The Morgan fingerprint density at radius 1 is 1.00 bits per heavy atom. The molecule has 4 heteroatoms. The van der Waals surface area contributed by atoms with Crippen molar-refractivity contribution in [2.24, 2.45) is 0 Å². The third-order valence-corrected chi connectivity index (χ3v) is 4.06. The van der Waals surface area contributed by atoms with Gasteiger partial charge in [0, 0.05) is 45.3 Å². The Hall–Kier alpha value is -0.160. The van der Waals surface area contributed by atoms with Gasteiger partial charge in [-0.3, -0.25) is 9.80 Å². The van der Waals surface area contributed by atoms with Crippen LogP contribution in [0.3, 0.4) is 0 Å². The molecule has 0 saturated carbocycles. The highest BCUT2D eigenvalue weighted by Crippen LogP contribution is 2.08. The first-order chi connectivity index (χ1) is 8.31. The van der Waals surface area contributed by atoms with Crippen LogP contribution >= 0.6 is 0 Å². The van der Waals surface area contributed by atoms with Crippen molar-refractivity contribution >= 4 is 0 Å². The minimum Gasteiger partial charge on any atom is -0.310 e. The maximum atomic E-state index is 3.66. The highest BCUT2D eigenvalue weighted by atomic mass is 15.3. The van der Waals surface area contributed by atoms with Gasteiger partial charge in [-0.1, -0.05) is 13.8 Å². The molecule has 0 bridgehead atoms. The lowest BCUT2D eigenvalue weighted by molar-refractivity contribution is 0.0707. The number of likely N-dealkylation sites (N-methyl/N-ethyl adjacent to an activating group) is 1. The summed E-state index contributed by atoms with van der Waals surface area (Å²) in [6.07, 6.45) is 1.33. The second kappa shape index (κ2) is 6.69. The van der Waals surface area contributed by atoms with Crippen LogP contribution in [0.25, 0.3) is 0 Å². The standard InChI is InChI=1S/C13H28N4/c1-3-15-9-6-14-13(10-15)11-17-8-5-7-16(4-2)12-17/h13-14H,3-12H2,1-2H3. The zero-order valence-electron chi connectivity index (χ0n) is 11.5. The van der Waals surface area contributed by atoms with Crippen LogP contribution in [-0.4, -0.2) is 79.8 Å². The second-order valence-corrected chi connectivity index (χ2v) is 5.33. The van der Waals surface area contributed by atoms with Gasteiger partial charge in [-0.25, -0.2) is 0 Å². The van der Waals surface area contributed by atoms with Crippen LogP contribution in [-0.2, 0) is 0 Å².